The molecule has 0 aromatic heterocycles. The first kappa shape index (κ1) is 21.8. The van der Waals surface area contributed by atoms with E-state index in [0.29, 0.717) is 27.8 Å². The highest BCUT2D eigenvalue weighted by molar-refractivity contribution is 8.18. The second kappa shape index (κ2) is 10.2. The third kappa shape index (κ3) is 5.58. The molecule has 6 nitrogen and oxygen atoms in total. The molecule has 30 heavy (non-hydrogen) atoms. The fourth-order valence-corrected chi connectivity index (χ4v) is 3.61. The molecule has 0 saturated carbocycles. The standard InChI is InChI=1S/C22H20ClNO5S/c1-3-4-14-5-7-18(19(11-14)27-2)29-10-9-28-17-8-6-16(23)12-15(17)13-20-21(25)24-22(26)30-20/h3,5-8,11-13H,1,4,9-10H2,2H3,(H,24,25,26)/b20-13-. The molecule has 0 atom stereocenters. The van der Waals surface area contributed by atoms with Crippen molar-refractivity contribution in [3.63, 3.8) is 0 Å². The van der Waals surface area contributed by atoms with Gasteiger partial charge in [0, 0.05) is 10.6 Å². The highest BCUT2D eigenvalue weighted by Gasteiger charge is 2.25. The molecule has 2 amide bonds. The van der Waals surface area contributed by atoms with Crippen molar-refractivity contribution in [3.8, 4) is 17.2 Å². The minimum atomic E-state index is -0.439. The highest BCUT2D eigenvalue weighted by Crippen LogP contribution is 2.31. The maximum atomic E-state index is 11.8. The topological polar surface area (TPSA) is 73.9 Å². The SMILES string of the molecule is C=CCc1ccc(OCCOc2ccc(Cl)cc2/C=C2\SC(=O)NC2=O)c(OC)c1. The minimum Gasteiger partial charge on any atom is -0.493 e. The number of methoxy groups -OCH3 is 1. The van der Waals surface area contributed by atoms with Gasteiger partial charge >= 0.3 is 0 Å². The third-order valence-electron chi connectivity index (χ3n) is 4.11. The van der Waals surface area contributed by atoms with Crippen molar-refractivity contribution in [1.29, 1.82) is 0 Å². The van der Waals surface area contributed by atoms with E-state index in [1.807, 2.05) is 24.3 Å². The quantitative estimate of drug-likeness (QED) is 0.337. The molecule has 1 aliphatic rings. The van der Waals surface area contributed by atoms with Gasteiger partial charge in [-0.05, 0) is 60.2 Å². The van der Waals surface area contributed by atoms with Crippen LogP contribution in [0.5, 0.6) is 17.2 Å². The van der Waals surface area contributed by atoms with Crippen LogP contribution in [0.1, 0.15) is 11.1 Å². The smallest absolute Gasteiger partial charge is 0.290 e. The van der Waals surface area contributed by atoms with Gasteiger partial charge in [0.05, 0.1) is 12.0 Å². The first-order chi connectivity index (χ1) is 14.5. The molecule has 0 radical (unpaired) electrons. The van der Waals surface area contributed by atoms with Crippen LogP contribution in [-0.2, 0) is 11.2 Å². The number of thioether (sulfide) groups is 1. The van der Waals surface area contributed by atoms with Crippen molar-refractivity contribution in [2.24, 2.45) is 0 Å². The average molecular weight is 446 g/mol. The lowest BCUT2D eigenvalue weighted by Gasteiger charge is -2.13. The molecule has 1 aliphatic heterocycles. The summed E-state index contributed by atoms with van der Waals surface area (Å²) < 4.78 is 17.0. The second-order valence-electron chi connectivity index (χ2n) is 6.21. The van der Waals surface area contributed by atoms with E-state index in [2.05, 4.69) is 11.9 Å². The molecule has 156 valence electrons. The number of imide groups is 1. The van der Waals surface area contributed by atoms with Crippen LogP contribution in [0.25, 0.3) is 6.08 Å². The van der Waals surface area contributed by atoms with E-state index < -0.39 is 11.1 Å². The Hall–Kier alpha value is -2.90. The number of halogens is 1. The summed E-state index contributed by atoms with van der Waals surface area (Å²) in [7, 11) is 1.59. The number of hydrogen-bond acceptors (Lipinski definition) is 6. The Morgan fingerprint density at radius 2 is 1.80 bits per heavy atom. The number of hydrogen-bond donors (Lipinski definition) is 1. The number of carbonyl (C=O) groups is 2. The van der Waals surface area contributed by atoms with Gasteiger partial charge in [0.15, 0.2) is 11.5 Å². The van der Waals surface area contributed by atoms with E-state index in [1.165, 1.54) is 0 Å². The van der Waals surface area contributed by atoms with Gasteiger partial charge in [-0.2, -0.15) is 0 Å². The zero-order chi connectivity index (χ0) is 21.5. The van der Waals surface area contributed by atoms with Gasteiger partial charge in [-0.15, -0.1) is 6.58 Å². The van der Waals surface area contributed by atoms with Gasteiger partial charge in [0.25, 0.3) is 11.1 Å². The summed E-state index contributed by atoms with van der Waals surface area (Å²) in [5.41, 5.74) is 1.68. The number of ether oxygens (including phenoxy) is 3. The first-order valence-electron chi connectivity index (χ1n) is 9.08. The van der Waals surface area contributed by atoms with Crippen LogP contribution in [0, 0.1) is 0 Å². The van der Waals surface area contributed by atoms with E-state index in [1.54, 1.807) is 31.4 Å². The highest BCUT2D eigenvalue weighted by atomic mass is 35.5. The largest absolute Gasteiger partial charge is 0.493 e. The Morgan fingerprint density at radius 3 is 2.47 bits per heavy atom. The summed E-state index contributed by atoms with van der Waals surface area (Å²) in [5, 5.41) is 2.30. The van der Waals surface area contributed by atoms with Crippen LogP contribution in [0.4, 0.5) is 4.79 Å². The number of benzene rings is 2. The van der Waals surface area contributed by atoms with Gasteiger partial charge in [0.1, 0.15) is 19.0 Å². The molecule has 0 unspecified atom stereocenters. The molecule has 2 aromatic carbocycles. The summed E-state index contributed by atoms with van der Waals surface area (Å²) in [6, 6.07) is 10.8. The van der Waals surface area contributed by atoms with Crippen LogP contribution < -0.4 is 19.5 Å². The monoisotopic (exact) mass is 445 g/mol. The Kier molecular flexibility index (Phi) is 7.43. The van der Waals surface area contributed by atoms with Crippen LogP contribution in [-0.4, -0.2) is 31.5 Å². The van der Waals surface area contributed by atoms with Crippen molar-refractivity contribution in [2.45, 2.75) is 6.42 Å². The van der Waals surface area contributed by atoms with Crippen LogP contribution in [0.3, 0.4) is 0 Å². The Balaban J connectivity index is 1.64. The fraction of sp³-hybridized carbons (Fsp3) is 0.182. The lowest BCUT2D eigenvalue weighted by atomic mass is 10.1. The normalized spacial score (nSPS) is 14.5. The summed E-state index contributed by atoms with van der Waals surface area (Å²) in [6.07, 6.45) is 4.15. The molecule has 3 rings (SSSR count). The van der Waals surface area contributed by atoms with Crippen molar-refractivity contribution in [1.82, 2.24) is 5.32 Å². The Morgan fingerprint density at radius 1 is 1.07 bits per heavy atom. The molecule has 2 aromatic rings. The number of carbonyl (C=O) groups excluding carboxylic acids is 2. The number of amides is 2. The lowest BCUT2D eigenvalue weighted by molar-refractivity contribution is -0.115. The van der Waals surface area contributed by atoms with Crippen molar-refractivity contribution < 1.29 is 23.8 Å². The maximum Gasteiger partial charge on any atom is 0.290 e. The number of nitrogens with one attached hydrogen (secondary N) is 1. The van der Waals surface area contributed by atoms with E-state index in [9.17, 15) is 9.59 Å². The summed E-state index contributed by atoms with van der Waals surface area (Å²) in [4.78, 5) is 23.4. The molecule has 0 bridgehead atoms. The zero-order valence-electron chi connectivity index (χ0n) is 16.3. The van der Waals surface area contributed by atoms with Gasteiger partial charge in [-0.3, -0.25) is 14.9 Å². The average Bonchev–Trinajstić information content (AvgIpc) is 3.04. The maximum absolute atomic E-state index is 11.8. The van der Waals surface area contributed by atoms with Crippen LogP contribution in [0.2, 0.25) is 5.02 Å². The molecular formula is C22H20ClNO5S. The Bertz CT molecular complexity index is 1010. The van der Waals surface area contributed by atoms with Gasteiger partial charge < -0.3 is 14.2 Å². The lowest BCUT2D eigenvalue weighted by Crippen LogP contribution is -2.17. The van der Waals surface area contributed by atoms with Gasteiger partial charge in [-0.25, -0.2) is 0 Å². The van der Waals surface area contributed by atoms with E-state index in [0.717, 1.165) is 23.7 Å². The van der Waals surface area contributed by atoms with Crippen LogP contribution >= 0.6 is 23.4 Å². The number of rotatable bonds is 9. The molecule has 1 N–H and O–H groups in total. The molecule has 1 heterocycles. The number of allylic oxidation sites excluding steroid dienone is 1. The van der Waals surface area contributed by atoms with Crippen molar-refractivity contribution >= 4 is 40.6 Å². The van der Waals surface area contributed by atoms with Crippen LogP contribution in [0.15, 0.2) is 54.0 Å². The molecule has 1 saturated heterocycles. The predicted octanol–water partition coefficient (Wildman–Crippen LogP) is 4.86. The molecule has 0 aliphatic carbocycles. The third-order valence-corrected chi connectivity index (χ3v) is 5.15. The molecular weight excluding hydrogens is 426 g/mol. The summed E-state index contributed by atoms with van der Waals surface area (Å²) in [6.45, 7) is 4.27. The second-order valence-corrected chi connectivity index (χ2v) is 7.66. The zero-order valence-corrected chi connectivity index (χ0v) is 17.8. The molecule has 0 spiro atoms. The van der Waals surface area contributed by atoms with Gasteiger partial charge in [0.2, 0.25) is 0 Å². The van der Waals surface area contributed by atoms with Gasteiger partial charge in [-0.1, -0.05) is 23.7 Å². The van der Waals surface area contributed by atoms with Crippen molar-refractivity contribution in [3.05, 3.63) is 70.1 Å². The minimum absolute atomic E-state index is 0.258. The first-order valence-corrected chi connectivity index (χ1v) is 10.3. The van der Waals surface area contributed by atoms with E-state index in [-0.39, 0.29) is 18.1 Å². The summed E-state index contributed by atoms with van der Waals surface area (Å²) >= 11 is 6.91. The predicted molar refractivity (Wildman–Crippen MR) is 118 cm³/mol. The van der Waals surface area contributed by atoms with E-state index in [4.69, 9.17) is 25.8 Å². The molecule has 8 heteroatoms. The summed E-state index contributed by atoms with van der Waals surface area (Å²) in [5.74, 6) is 1.34. The Labute approximate surface area is 183 Å². The molecule has 1 fully saturated rings. The van der Waals surface area contributed by atoms with Crippen molar-refractivity contribution in [2.75, 3.05) is 20.3 Å². The fourth-order valence-electron chi connectivity index (χ4n) is 2.75. The van der Waals surface area contributed by atoms with E-state index >= 15 is 0 Å².